The normalized spacial score (nSPS) is 16.7. The molecule has 2 aliphatic rings. The molecule has 2 aliphatic heterocycles. The average Bonchev–Trinajstić information content (AvgIpc) is 2.96. The molecule has 132 valence electrons. The molecule has 1 aromatic carbocycles. The Morgan fingerprint density at radius 2 is 2.12 bits per heavy atom. The third kappa shape index (κ3) is 4.02. The van der Waals surface area contributed by atoms with Gasteiger partial charge in [-0.2, -0.15) is 11.8 Å². The number of rotatable bonds is 5. The van der Waals surface area contributed by atoms with Crippen molar-refractivity contribution in [2.24, 2.45) is 0 Å². The van der Waals surface area contributed by atoms with E-state index in [2.05, 4.69) is 33.4 Å². The minimum absolute atomic E-state index is 0.314. The Hall–Kier alpha value is -1.92. The van der Waals surface area contributed by atoms with Crippen LogP contribution in [0.3, 0.4) is 0 Å². The Morgan fingerprint density at radius 1 is 1.12 bits per heavy atom. The van der Waals surface area contributed by atoms with Gasteiger partial charge < -0.3 is 19.7 Å². The largest absolute Gasteiger partial charge is 0.454 e. The van der Waals surface area contributed by atoms with E-state index in [1.807, 2.05) is 30.1 Å². The van der Waals surface area contributed by atoms with Gasteiger partial charge in [-0.1, -0.05) is 12.1 Å². The SMILES string of the molecule is c1cc(CNCc2ccnc(N3CCCSCC3)c2)c2c(c1)OCO2. The number of pyridine rings is 1. The van der Waals surface area contributed by atoms with Crippen LogP contribution in [0.2, 0.25) is 0 Å². The van der Waals surface area contributed by atoms with Crippen molar-refractivity contribution in [3.63, 3.8) is 0 Å². The van der Waals surface area contributed by atoms with Crippen molar-refractivity contribution in [2.45, 2.75) is 19.5 Å². The smallest absolute Gasteiger partial charge is 0.231 e. The Balaban J connectivity index is 1.37. The molecule has 0 bridgehead atoms. The molecule has 1 N–H and O–H groups in total. The molecule has 3 heterocycles. The molecule has 1 aromatic heterocycles. The molecule has 0 saturated carbocycles. The molecule has 0 spiro atoms. The van der Waals surface area contributed by atoms with Crippen LogP contribution in [-0.2, 0) is 13.1 Å². The fourth-order valence-electron chi connectivity index (χ4n) is 3.19. The van der Waals surface area contributed by atoms with Crippen molar-refractivity contribution in [1.82, 2.24) is 10.3 Å². The third-order valence-electron chi connectivity index (χ3n) is 4.48. The van der Waals surface area contributed by atoms with Crippen molar-refractivity contribution in [1.29, 1.82) is 0 Å². The molecule has 1 fully saturated rings. The van der Waals surface area contributed by atoms with Crippen LogP contribution in [0, 0.1) is 0 Å². The number of nitrogens with one attached hydrogen (secondary N) is 1. The van der Waals surface area contributed by atoms with E-state index in [1.165, 1.54) is 23.5 Å². The van der Waals surface area contributed by atoms with Crippen LogP contribution in [0.25, 0.3) is 0 Å². The van der Waals surface area contributed by atoms with Gasteiger partial charge in [-0.15, -0.1) is 0 Å². The first-order valence-corrected chi connectivity index (χ1v) is 9.91. The summed E-state index contributed by atoms with van der Waals surface area (Å²) in [5.74, 6) is 5.24. The number of benzene rings is 1. The summed E-state index contributed by atoms with van der Waals surface area (Å²) in [4.78, 5) is 6.97. The maximum atomic E-state index is 5.56. The van der Waals surface area contributed by atoms with Crippen LogP contribution < -0.4 is 19.7 Å². The molecule has 4 rings (SSSR count). The van der Waals surface area contributed by atoms with Crippen LogP contribution in [0.1, 0.15) is 17.5 Å². The lowest BCUT2D eigenvalue weighted by Crippen LogP contribution is -2.26. The molecule has 0 amide bonds. The van der Waals surface area contributed by atoms with Crippen molar-refractivity contribution in [3.05, 3.63) is 47.7 Å². The Labute approximate surface area is 152 Å². The molecule has 0 radical (unpaired) electrons. The van der Waals surface area contributed by atoms with Gasteiger partial charge in [-0.3, -0.25) is 0 Å². The number of nitrogens with zero attached hydrogens (tertiary/aromatic N) is 2. The highest BCUT2D eigenvalue weighted by molar-refractivity contribution is 7.99. The van der Waals surface area contributed by atoms with Gasteiger partial charge in [-0.05, 0) is 35.9 Å². The summed E-state index contributed by atoms with van der Waals surface area (Å²) in [5.41, 5.74) is 2.39. The first-order chi connectivity index (χ1) is 12.4. The van der Waals surface area contributed by atoms with Gasteiger partial charge in [0, 0.05) is 43.7 Å². The quantitative estimate of drug-likeness (QED) is 0.887. The van der Waals surface area contributed by atoms with Gasteiger partial charge in [0.15, 0.2) is 11.5 Å². The maximum Gasteiger partial charge on any atom is 0.231 e. The Morgan fingerprint density at radius 3 is 3.12 bits per heavy atom. The lowest BCUT2D eigenvalue weighted by atomic mass is 10.1. The molecule has 2 aromatic rings. The number of hydrogen-bond donors (Lipinski definition) is 1. The summed E-state index contributed by atoms with van der Waals surface area (Å²) in [5, 5.41) is 3.50. The highest BCUT2D eigenvalue weighted by Gasteiger charge is 2.16. The van der Waals surface area contributed by atoms with E-state index in [1.54, 1.807) is 0 Å². The number of anilines is 1. The van der Waals surface area contributed by atoms with E-state index in [4.69, 9.17) is 9.47 Å². The van der Waals surface area contributed by atoms with E-state index in [9.17, 15) is 0 Å². The van der Waals surface area contributed by atoms with Gasteiger partial charge in [0.05, 0.1) is 0 Å². The predicted molar refractivity (Wildman–Crippen MR) is 102 cm³/mol. The summed E-state index contributed by atoms with van der Waals surface area (Å²) < 4.78 is 11.0. The number of thioether (sulfide) groups is 1. The summed E-state index contributed by atoms with van der Waals surface area (Å²) in [6, 6.07) is 10.3. The topological polar surface area (TPSA) is 46.6 Å². The summed E-state index contributed by atoms with van der Waals surface area (Å²) in [6.07, 6.45) is 3.15. The maximum absolute atomic E-state index is 5.56. The highest BCUT2D eigenvalue weighted by atomic mass is 32.2. The van der Waals surface area contributed by atoms with Crippen molar-refractivity contribution in [2.75, 3.05) is 36.3 Å². The Bertz CT molecular complexity index is 718. The van der Waals surface area contributed by atoms with Crippen molar-refractivity contribution >= 4 is 17.6 Å². The van der Waals surface area contributed by atoms with Crippen LogP contribution in [0.4, 0.5) is 5.82 Å². The van der Waals surface area contributed by atoms with Crippen LogP contribution in [-0.4, -0.2) is 36.4 Å². The summed E-state index contributed by atoms with van der Waals surface area (Å²) >= 11 is 2.04. The second-order valence-electron chi connectivity index (χ2n) is 6.23. The van der Waals surface area contributed by atoms with Gasteiger partial charge in [0.1, 0.15) is 5.82 Å². The van der Waals surface area contributed by atoms with Crippen LogP contribution in [0.15, 0.2) is 36.5 Å². The summed E-state index contributed by atoms with van der Waals surface area (Å²) in [7, 11) is 0. The van der Waals surface area contributed by atoms with Crippen molar-refractivity contribution in [3.8, 4) is 11.5 Å². The van der Waals surface area contributed by atoms with E-state index in [0.717, 1.165) is 49.1 Å². The minimum Gasteiger partial charge on any atom is -0.454 e. The molecule has 0 atom stereocenters. The number of ether oxygens (including phenoxy) is 2. The monoisotopic (exact) mass is 357 g/mol. The van der Waals surface area contributed by atoms with Gasteiger partial charge in [0.25, 0.3) is 0 Å². The first-order valence-electron chi connectivity index (χ1n) is 8.76. The van der Waals surface area contributed by atoms with E-state index in [-0.39, 0.29) is 0 Å². The zero-order chi connectivity index (χ0) is 16.9. The fraction of sp³-hybridized carbons (Fsp3) is 0.421. The van der Waals surface area contributed by atoms with E-state index >= 15 is 0 Å². The summed E-state index contributed by atoms with van der Waals surface area (Å²) in [6.45, 7) is 4.06. The number of aromatic nitrogens is 1. The van der Waals surface area contributed by atoms with Gasteiger partial charge >= 0.3 is 0 Å². The van der Waals surface area contributed by atoms with Crippen LogP contribution >= 0.6 is 11.8 Å². The molecule has 1 saturated heterocycles. The first kappa shape index (κ1) is 16.5. The predicted octanol–water partition coefficient (Wildman–Crippen LogP) is 3.04. The molecule has 6 heteroatoms. The second kappa shape index (κ2) is 7.97. The fourth-order valence-corrected chi connectivity index (χ4v) is 4.08. The molecule has 25 heavy (non-hydrogen) atoms. The zero-order valence-electron chi connectivity index (χ0n) is 14.2. The lowest BCUT2D eigenvalue weighted by molar-refractivity contribution is 0.173. The van der Waals surface area contributed by atoms with Crippen LogP contribution in [0.5, 0.6) is 11.5 Å². The van der Waals surface area contributed by atoms with E-state index < -0.39 is 0 Å². The number of hydrogen-bond acceptors (Lipinski definition) is 6. The number of para-hydroxylation sites is 1. The molecular weight excluding hydrogens is 334 g/mol. The van der Waals surface area contributed by atoms with Crippen molar-refractivity contribution < 1.29 is 9.47 Å². The standard InChI is InChI=1S/C19H23N3O2S/c1-3-16(19-17(4-1)23-14-24-19)13-20-12-15-5-6-21-18(11-15)22-7-2-9-25-10-8-22/h1,3-6,11,20H,2,7-10,12-14H2. The average molecular weight is 357 g/mol. The lowest BCUT2D eigenvalue weighted by Gasteiger charge is -2.21. The molecule has 0 aliphatic carbocycles. The van der Waals surface area contributed by atoms with Gasteiger partial charge in [0.2, 0.25) is 6.79 Å². The minimum atomic E-state index is 0.314. The molecule has 0 unspecified atom stereocenters. The van der Waals surface area contributed by atoms with E-state index in [0.29, 0.717) is 6.79 Å². The van der Waals surface area contributed by atoms with Gasteiger partial charge in [-0.25, -0.2) is 4.98 Å². The second-order valence-corrected chi connectivity index (χ2v) is 7.45. The zero-order valence-corrected chi connectivity index (χ0v) is 15.1. The Kier molecular flexibility index (Phi) is 5.28. The molecule has 5 nitrogen and oxygen atoms in total. The molecular formula is C19H23N3O2S. The third-order valence-corrected chi connectivity index (χ3v) is 5.53. The number of fused-ring (bicyclic) bond motifs is 1. The highest BCUT2D eigenvalue weighted by Crippen LogP contribution is 2.35.